The summed E-state index contributed by atoms with van der Waals surface area (Å²) in [5.74, 6) is 13.6. The molecular weight excluding hydrogens is 913 g/mol. The molecule has 0 N–H and O–H groups in total. The van der Waals surface area contributed by atoms with E-state index in [9.17, 15) is 0 Å². The van der Waals surface area contributed by atoms with Gasteiger partial charge in [-0.1, -0.05) is 278 Å². The second-order valence-corrected chi connectivity index (χ2v) is 19.5. The maximum absolute atomic E-state index is 3.45. The van der Waals surface area contributed by atoms with Crippen LogP contribution in [-0.2, 0) is 0 Å². The molecule has 0 aliphatic heterocycles. The van der Waals surface area contributed by atoms with E-state index in [0.717, 1.165) is 43.8 Å². The smallest absolute Gasteiger partial charge is 0.0406 e. The molecule has 0 saturated carbocycles. The van der Waals surface area contributed by atoms with Crippen molar-refractivity contribution in [1.82, 2.24) is 0 Å². The molecule has 0 amide bonds. The molecule has 0 nitrogen and oxygen atoms in total. The molecular formula is C76H46. The van der Waals surface area contributed by atoms with Gasteiger partial charge in [-0.2, -0.15) is 0 Å². The highest BCUT2D eigenvalue weighted by molar-refractivity contribution is 6.35. The molecule has 0 radical (unpaired) electrons. The first kappa shape index (κ1) is 44.5. The number of fused-ring (bicyclic) bond motifs is 6. The van der Waals surface area contributed by atoms with Crippen molar-refractivity contribution < 1.29 is 0 Å². The molecule has 0 unspecified atom stereocenters. The zero-order valence-corrected chi connectivity index (χ0v) is 41.6. The van der Waals surface area contributed by atoms with E-state index in [-0.39, 0.29) is 0 Å². The predicted octanol–water partition coefficient (Wildman–Crippen LogP) is 19.9. The van der Waals surface area contributed by atoms with Gasteiger partial charge in [0.15, 0.2) is 0 Å². The van der Waals surface area contributed by atoms with Crippen LogP contribution in [-0.4, -0.2) is 0 Å². The Labute approximate surface area is 441 Å². The average molecular weight is 959 g/mol. The Morgan fingerprint density at radius 3 is 0.816 bits per heavy atom. The van der Waals surface area contributed by atoms with E-state index in [1.54, 1.807) is 0 Å². The minimum atomic E-state index is 1.01. The van der Waals surface area contributed by atoms with Crippen LogP contribution in [0.5, 0.6) is 0 Å². The van der Waals surface area contributed by atoms with Gasteiger partial charge in [0, 0.05) is 22.3 Å². The van der Waals surface area contributed by atoms with Crippen molar-refractivity contribution in [2.45, 2.75) is 0 Å². The Balaban J connectivity index is 0.000000106. The summed E-state index contributed by atoms with van der Waals surface area (Å²) in [5, 5.41) is 26.2. The molecule has 0 heteroatoms. The maximum Gasteiger partial charge on any atom is 0.0406 e. The van der Waals surface area contributed by atoms with Crippen molar-refractivity contribution in [2.75, 3.05) is 0 Å². The molecule has 0 saturated heterocycles. The van der Waals surface area contributed by atoms with Gasteiger partial charge in [-0.25, -0.2) is 0 Å². The molecule has 0 aliphatic rings. The molecule has 350 valence electrons. The highest BCUT2D eigenvalue weighted by Crippen LogP contribution is 2.44. The van der Waals surface area contributed by atoms with Crippen molar-refractivity contribution in [3.63, 3.8) is 0 Å². The lowest BCUT2D eigenvalue weighted by atomic mass is 9.87. The highest BCUT2D eigenvalue weighted by Gasteiger charge is 2.16. The lowest BCUT2D eigenvalue weighted by Gasteiger charge is -2.16. The Bertz CT molecular complexity index is 4580. The van der Waals surface area contributed by atoms with Crippen molar-refractivity contribution in [1.29, 1.82) is 0 Å². The predicted molar refractivity (Wildman–Crippen MR) is 327 cm³/mol. The number of hydrogen-bond donors (Lipinski definition) is 0. The fourth-order valence-corrected chi connectivity index (χ4v) is 11.8. The normalized spacial score (nSPS) is 11.2. The minimum Gasteiger partial charge on any atom is -0.0622 e. The zero-order chi connectivity index (χ0) is 50.4. The molecule has 76 heavy (non-hydrogen) atoms. The second kappa shape index (κ2) is 19.0. The first-order chi connectivity index (χ1) is 37.7. The van der Waals surface area contributed by atoms with Crippen LogP contribution >= 0.6 is 0 Å². The lowest BCUT2D eigenvalue weighted by Crippen LogP contribution is -1.90. The summed E-state index contributed by atoms with van der Waals surface area (Å²) in [6.07, 6.45) is 0. The van der Waals surface area contributed by atoms with Gasteiger partial charge in [-0.15, -0.1) is 0 Å². The summed E-state index contributed by atoms with van der Waals surface area (Å²) in [5.41, 5.74) is 6.70. The van der Waals surface area contributed by atoms with Crippen LogP contribution in [0, 0.1) is 23.7 Å². The third-order valence-electron chi connectivity index (χ3n) is 15.1. The zero-order valence-electron chi connectivity index (χ0n) is 41.6. The average Bonchev–Trinajstić information content (AvgIpc) is 3.60. The minimum absolute atomic E-state index is 1.01. The van der Waals surface area contributed by atoms with E-state index >= 15 is 0 Å². The first-order valence-electron chi connectivity index (χ1n) is 26.0. The molecule has 0 spiro atoms. The van der Waals surface area contributed by atoms with Gasteiger partial charge in [-0.3, -0.25) is 0 Å². The molecule has 0 atom stereocenters. The Kier molecular flexibility index (Phi) is 11.1. The monoisotopic (exact) mass is 958 g/mol. The molecule has 0 aromatic heterocycles. The molecule has 0 fully saturated rings. The Morgan fingerprint density at radius 2 is 0.447 bits per heavy atom. The van der Waals surface area contributed by atoms with E-state index in [1.807, 2.05) is 60.7 Å². The summed E-state index contributed by atoms with van der Waals surface area (Å²) in [4.78, 5) is 0. The molecule has 0 bridgehead atoms. The van der Waals surface area contributed by atoms with Gasteiger partial charge in [0.2, 0.25) is 0 Å². The topological polar surface area (TPSA) is 0 Å². The second-order valence-electron chi connectivity index (χ2n) is 19.5. The van der Waals surface area contributed by atoms with Crippen molar-refractivity contribution in [3.8, 4) is 34.8 Å². The number of hydrogen-bond acceptors (Lipinski definition) is 0. The van der Waals surface area contributed by atoms with Gasteiger partial charge in [0.25, 0.3) is 0 Å². The molecule has 0 aliphatic carbocycles. The fourth-order valence-electron chi connectivity index (χ4n) is 11.8. The third-order valence-corrected chi connectivity index (χ3v) is 15.1. The van der Waals surface area contributed by atoms with Crippen LogP contribution in [0.15, 0.2) is 279 Å². The fraction of sp³-hybridized carbons (Fsp3) is 0. The quantitative estimate of drug-likeness (QED) is 0.0874. The van der Waals surface area contributed by atoms with Crippen LogP contribution < -0.4 is 0 Å². The van der Waals surface area contributed by atoms with Crippen LogP contribution in [0.2, 0.25) is 0 Å². The van der Waals surface area contributed by atoms with Crippen LogP contribution in [0.3, 0.4) is 0 Å². The molecule has 16 rings (SSSR count). The maximum atomic E-state index is 3.45. The molecule has 16 aromatic carbocycles. The molecule has 16 aromatic rings. The Hall–Kier alpha value is -10.2. The summed E-state index contributed by atoms with van der Waals surface area (Å²) < 4.78 is 0. The summed E-state index contributed by atoms with van der Waals surface area (Å²) in [6.45, 7) is 0. The van der Waals surface area contributed by atoms with Crippen molar-refractivity contribution in [2.24, 2.45) is 0 Å². The first-order valence-corrected chi connectivity index (χ1v) is 26.0. The Morgan fingerprint density at radius 1 is 0.171 bits per heavy atom. The van der Waals surface area contributed by atoms with Gasteiger partial charge in [0.05, 0.1) is 0 Å². The van der Waals surface area contributed by atoms with Crippen LogP contribution in [0.1, 0.15) is 22.3 Å². The van der Waals surface area contributed by atoms with Crippen LogP contribution in [0.4, 0.5) is 0 Å². The van der Waals surface area contributed by atoms with Crippen molar-refractivity contribution >= 4 is 108 Å². The van der Waals surface area contributed by atoms with E-state index in [4.69, 9.17) is 0 Å². The van der Waals surface area contributed by atoms with E-state index < -0.39 is 0 Å². The summed E-state index contributed by atoms with van der Waals surface area (Å²) >= 11 is 0. The van der Waals surface area contributed by atoms with Crippen LogP contribution in [0.25, 0.3) is 119 Å². The van der Waals surface area contributed by atoms with E-state index in [1.165, 1.54) is 97.3 Å². The van der Waals surface area contributed by atoms with Gasteiger partial charge in [0.1, 0.15) is 0 Å². The van der Waals surface area contributed by atoms with Gasteiger partial charge in [-0.05, 0) is 143 Å². The van der Waals surface area contributed by atoms with E-state index in [0.29, 0.717) is 0 Å². The van der Waals surface area contributed by atoms with Crippen molar-refractivity contribution in [3.05, 3.63) is 301 Å². The number of rotatable bonds is 1. The summed E-state index contributed by atoms with van der Waals surface area (Å²) in [7, 11) is 0. The lowest BCUT2D eigenvalue weighted by molar-refractivity contribution is 1.64. The highest BCUT2D eigenvalue weighted by atomic mass is 14.2. The summed E-state index contributed by atoms with van der Waals surface area (Å²) in [6, 6.07) is 98.8. The SMILES string of the molecule is C(#Cc1c2ccccc2c(C#Cc2ccccc2)c2ccccc12)c1ccccc1.c1cc2cccc3c4cccc5cccc(c(c1)c23)c54.c1ccc(-c2ccc3c4cccc5cccc(c6cccc2c63)c54)cc1. The largest absolute Gasteiger partial charge is 0.0622 e. The number of benzene rings is 16. The third kappa shape index (κ3) is 7.69. The van der Waals surface area contributed by atoms with E-state index in [2.05, 4.69) is 242 Å². The van der Waals surface area contributed by atoms with Gasteiger partial charge < -0.3 is 0 Å². The standard InChI is InChI=1S/C30H18.C26H16.C20H12/c1-3-11-23(12-4-1)19-21-29-25-15-7-9-17-27(25)30(28-18-10-8-16-26(28)29)22-20-24-13-5-2-6-14-24;1-2-7-17(8-3-1)19-15-16-24-22-12-5-10-18-9-4-11-21(25(18)22)23-14-6-13-20(19)26(23)24;1-5-13-6-2-11-17-18-12-4-8-14-7-3-10-16(20(14)18)15(9-1)19(13)17/h1-18H;1-16H;1-12H. The van der Waals surface area contributed by atoms with Gasteiger partial charge >= 0.3 is 0 Å². The molecule has 0 heterocycles.